The van der Waals surface area contributed by atoms with Crippen molar-refractivity contribution in [1.82, 2.24) is 0 Å². The molecule has 0 unspecified atom stereocenters. The highest BCUT2D eigenvalue weighted by molar-refractivity contribution is 6.00. The summed E-state index contributed by atoms with van der Waals surface area (Å²) in [7, 11) is 0. The van der Waals surface area contributed by atoms with Crippen LogP contribution < -0.4 is 0 Å². The fraction of sp³-hybridized carbons (Fsp3) is 0.818. The van der Waals surface area contributed by atoms with Gasteiger partial charge in [0.05, 0.1) is 6.61 Å². The lowest BCUT2D eigenvalue weighted by Crippen LogP contribution is -2.58. The maximum Gasteiger partial charge on any atom is 0.323 e. The molecule has 0 aromatic carbocycles. The summed E-state index contributed by atoms with van der Waals surface area (Å²) in [5.74, 6) is -1.56. The van der Waals surface area contributed by atoms with Gasteiger partial charge in [0.15, 0.2) is 5.41 Å². The van der Waals surface area contributed by atoms with Gasteiger partial charge in [-0.25, -0.2) is 0 Å². The summed E-state index contributed by atoms with van der Waals surface area (Å²) in [6, 6.07) is 0. The second-order valence-corrected chi connectivity index (χ2v) is 4.81. The Morgan fingerprint density at radius 2 is 1.93 bits per heavy atom. The first-order chi connectivity index (χ1) is 7.05. The van der Waals surface area contributed by atoms with E-state index in [0.29, 0.717) is 12.8 Å². The lowest BCUT2D eigenvalue weighted by Gasteiger charge is -2.57. The van der Waals surface area contributed by atoms with Crippen LogP contribution in [0.15, 0.2) is 0 Å². The Balaban J connectivity index is 2.08. The largest absolute Gasteiger partial charge is 0.480 e. The van der Waals surface area contributed by atoms with Gasteiger partial charge in [0.2, 0.25) is 0 Å². The molecule has 0 aliphatic heterocycles. The van der Waals surface area contributed by atoms with Crippen molar-refractivity contribution in [3.63, 3.8) is 0 Å². The van der Waals surface area contributed by atoms with E-state index < -0.39 is 17.4 Å². The number of esters is 1. The summed E-state index contributed by atoms with van der Waals surface area (Å²) < 4.78 is 4.85. The van der Waals surface area contributed by atoms with Gasteiger partial charge < -0.3 is 9.84 Å². The zero-order chi connectivity index (χ0) is 11.1. The molecular weight excluding hydrogens is 196 g/mol. The summed E-state index contributed by atoms with van der Waals surface area (Å²) in [4.78, 5) is 22.8. The maximum atomic E-state index is 11.6. The van der Waals surface area contributed by atoms with Gasteiger partial charge in [0, 0.05) is 0 Å². The van der Waals surface area contributed by atoms with Crippen LogP contribution in [-0.2, 0) is 14.3 Å². The zero-order valence-corrected chi connectivity index (χ0v) is 8.91. The molecule has 4 nitrogen and oxygen atoms in total. The maximum absolute atomic E-state index is 11.6. The average Bonchev–Trinajstić information content (AvgIpc) is 1.99. The highest BCUT2D eigenvalue weighted by atomic mass is 16.5. The van der Waals surface area contributed by atoms with Crippen LogP contribution in [0.3, 0.4) is 0 Å². The summed E-state index contributed by atoms with van der Waals surface area (Å²) >= 11 is 0. The monoisotopic (exact) mass is 212 g/mol. The molecule has 0 bridgehead atoms. The molecule has 2 rings (SSSR count). The molecule has 2 fully saturated rings. The van der Waals surface area contributed by atoms with Crippen LogP contribution >= 0.6 is 0 Å². The molecule has 0 heterocycles. The van der Waals surface area contributed by atoms with Crippen LogP contribution in [0.25, 0.3) is 0 Å². The van der Waals surface area contributed by atoms with Crippen LogP contribution in [0.4, 0.5) is 0 Å². The molecule has 2 aliphatic rings. The minimum atomic E-state index is -1.23. The molecule has 1 N–H and O–H groups in total. The van der Waals surface area contributed by atoms with E-state index in [4.69, 9.17) is 9.84 Å². The van der Waals surface area contributed by atoms with E-state index in [1.807, 2.05) is 0 Å². The van der Waals surface area contributed by atoms with Gasteiger partial charge in [-0.15, -0.1) is 0 Å². The van der Waals surface area contributed by atoms with Gasteiger partial charge >= 0.3 is 11.9 Å². The second kappa shape index (κ2) is 3.22. The fourth-order valence-corrected chi connectivity index (χ4v) is 2.91. The van der Waals surface area contributed by atoms with Crippen molar-refractivity contribution in [1.29, 1.82) is 0 Å². The normalized spacial score (nSPS) is 25.1. The SMILES string of the molecule is CCOC(=O)C1(C(=O)O)CC2(CCC2)C1. The van der Waals surface area contributed by atoms with E-state index in [0.717, 1.165) is 12.8 Å². The summed E-state index contributed by atoms with van der Waals surface area (Å²) in [5, 5.41) is 9.13. The highest BCUT2D eigenvalue weighted by Crippen LogP contribution is 2.64. The Morgan fingerprint density at radius 1 is 1.33 bits per heavy atom. The number of hydrogen-bond acceptors (Lipinski definition) is 3. The number of aliphatic carboxylic acids is 1. The van der Waals surface area contributed by atoms with E-state index in [1.165, 1.54) is 6.42 Å². The first-order valence-corrected chi connectivity index (χ1v) is 5.45. The van der Waals surface area contributed by atoms with Crippen molar-refractivity contribution < 1.29 is 19.4 Å². The molecule has 0 aromatic heterocycles. The third-order valence-electron chi connectivity index (χ3n) is 3.84. The third-order valence-corrected chi connectivity index (χ3v) is 3.84. The highest BCUT2D eigenvalue weighted by Gasteiger charge is 2.65. The number of carbonyl (C=O) groups excluding carboxylic acids is 1. The molecule has 0 radical (unpaired) electrons. The number of ether oxygens (including phenoxy) is 1. The van der Waals surface area contributed by atoms with Gasteiger partial charge in [-0.3, -0.25) is 9.59 Å². The molecule has 4 heteroatoms. The molecule has 0 atom stereocenters. The van der Waals surface area contributed by atoms with E-state index >= 15 is 0 Å². The number of carboxylic acid groups (broad SMARTS) is 1. The zero-order valence-electron chi connectivity index (χ0n) is 8.91. The van der Waals surface area contributed by atoms with E-state index in [9.17, 15) is 9.59 Å². The Morgan fingerprint density at radius 3 is 2.27 bits per heavy atom. The second-order valence-electron chi connectivity index (χ2n) is 4.81. The Labute approximate surface area is 88.6 Å². The van der Waals surface area contributed by atoms with E-state index in [2.05, 4.69) is 0 Å². The topological polar surface area (TPSA) is 63.6 Å². The molecule has 0 amide bonds. The molecular formula is C11H16O4. The number of carboxylic acids is 1. The van der Waals surface area contributed by atoms with Crippen LogP contribution in [0.1, 0.15) is 39.0 Å². The first kappa shape index (κ1) is 10.5. The van der Waals surface area contributed by atoms with Crippen LogP contribution in [0.5, 0.6) is 0 Å². The molecule has 2 aliphatic carbocycles. The molecule has 1 spiro atoms. The van der Waals surface area contributed by atoms with Gasteiger partial charge in [0.1, 0.15) is 0 Å². The lowest BCUT2D eigenvalue weighted by molar-refractivity contribution is -0.194. The lowest BCUT2D eigenvalue weighted by atomic mass is 9.45. The summed E-state index contributed by atoms with van der Waals surface area (Å²) in [5.41, 5.74) is -1.07. The number of carbonyl (C=O) groups is 2. The Kier molecular flexibility index (Phi) is 2.24. The molecule has 15 heavy (non-hydrogen) atoms. The quantitative estimate of drug-likeness (QED) is 0.570. The molecule has 84 valence electrons. The van der Waals surface area contributed by atoms with Gasteiger partial charge in [-0.05, 0) is 38.0 Å². The van der Waals surface area contributed by atoms with Crippen molar-refractivity contribution in [2.24, 2.45) is 10.8 Å². The number of hydrogen-bond donors (Lipinski definition) is 1. The van der Waals surface area contributed by atoms with Crippen LogP contribution in [-0.4, -0.2) is 23.7 Å². The molecule has 0 saturated heterocycles. The smallest absolute Gasteiger partial charge is 0.323 e. The first-order valence-electron chi connectivity index (χ1n) is 5.45. The van der Waals surface area contributed by atoms with Gasteiger partial charge in [-0.1, -0.05) is 6.42 Å². The van der Waals surface area contributed by atoms with Crippen LogP contribution in [0, 0.1) is 10.8 Å². The standard InChI is InChI=1S/C11H16O4/c1-2-15-9(14)11(8(12)13)6-10(7-11)4-3-5-10/h2-7H2,1H3,(H,12,13). The van der Waals surface area contributed by atoms with Gasteiger partial charge in [0.25, 0.3) is 0 Å². The van der Waals surface area contributed by atoms with Crippen molar-refractivity contribution >= 4 is 11.9 Å². The average molecular weight is 212 g/mol. The fourth-order valence-electron chi connectivity index (χ4n) is 2.91. The van der Waals surface area contributed by atoms with E-state index in [-0.39, 0.29) is 12.0 Å². The van der Waals surface area contributed by atoms with Crippen molar-refractivity contribution in [3.8, 4) is 0 Å². The van der Waals surface area contributed by atoms with E-state index in [1.54, 1.807) is 6.92 Å². The summed E-state index contributed by atoms with van der Waals surface area (Å²) in [6.07, 6.45) is 4.27. The predicted molar refractivity (Wildman–Crippen MR) is 52.2 cm³/mol. The minimum Gasteiger partial charge on any atom is -0.480 e. The predicted octanol–water partition coefficient (Wildman–Crippen LogP) is 1.58. The van der Waals surface area contributed by atoms with Crippen molar-refractivity contribution in [2.45, 2.75) is 39.0 Å². The van der Waals surface area contributed by atoms with Crippen LogP contribution in [0.2, 0.25) is 0 Å². The Hall–Kier alpha value is -1.06. The molecule has 0 aromatic rings. The summed E-state index contributed by atoms with van der Waals surface area (Å²) in [6.45, 7) is 1.95. The van der Waals surface area contributed by atoms with Crippen molar-refractivity contribution in [3.05, 3.63) is 0 Å². The van der Waals surface area contributed by atoms with Crippen molar-refractivity contribution in [2.75, 3.05) is 6.61 Å². The van der Waals surface area contributed by atoms with Gasteiger partial charge in [-0.2, -0.15) is 0 Å². The number of rotatable bonds is 3. The Bertz CT molecular complexity index is 296. The molecule has 2 saturated carbocycles. The minimum absolute atomic E-state index is 0.158. The third kappa shape index (κ3) is 1.34.